The maximum atomic E-state index is 5.13. The Bertz CT molecular complexity index is 478. The first-order valence-electron chi connectivity index (χ1n) is 5.98. The van der Waals surface area contributed by atoms with Gasteiger partial charge in [-0.05, 0) is 31.2 Å². The van der Waals surface area contributed by atoms with Crippen LogP contribution in [0.2, 0.25) is 0 Å². The van der Waals surface area contributed by atoms with Crippen molar-refractivity contribution in [3.63, 3.8) is 0 Å². The van der Waals surface area contributed by atoms with E-state index in [0.29, 0.717) is 0 Å². The summed E-state index contributed by atoms with van der Waals surface area (Å²) in [7, 11) is 3.57. The number of nitrogens with zero attached hydrogens (tertiary/aromatic N) is 3. The van der Waals surface area contributed by atoms with Gasteiger partial charge in [-0.2, -0.15) is 0 Å². The smallest absolute Gasteiger partial charge is 0.118 e. The van der Waals surface area contributed by atoms with Gasteiger partial charge in [0.25, 0.3) is 0 Å². The Morgan fingerprint density at radius 1 is 1.28 bits per heavy atom. The van der Waals surface area contributed by atoms with Crippen LogP contribution in [-0.2, 0) is 19.5 Å². The molecule has 1 aromatic carbocycles. The first kappa shape index (κ1) is 12.6. The molecule has 1 aromatic heterocycles. The van der Waals surface area contributed by atoms with Crippen molar-refractivity contribution < 1.29 is 4.74 Å². The van der Waals surface area contributed by atoms with Crippen LogP contribution in [0.1, 0.15) is 11.3 Å². The summed E-state index contributed by atoms with van der Waals surface area (Å²) in [6, 6.07) is 8.10. The molecule has 0 aliphatic rings. The second-order valence-electron chi connectivity index (χ2n) is 4.10. The molecule has 0 saturated heterocycles. The SMILES string of the molecule is CNCc1cn(CCc2ccc(OC)cc2)nn1. The van der Waals surface area contributed by atoms with Gasteiger partial charge in [-0.15, -0.1) is 5.10 Å². The van der Waals surface area contributed by atoms with E-state index in [1.54, 1.807) is 7.11 Å². The van der Waals surface area contributed by atoms with E-state index in [2.05, 4.69) is 27.8 Å². The molecule has 0 atom stereocenters. The van der Waals surface area contributed by atoms with E-state index in [4.69, 9.17) is 4.74 Å². The average Bonchev–Trinajstić information content (AvgIpc) is 2.85. The number of methoxy groups -OCH3 is 1. The standard InChI is InChI=1S/C13H18N4O/c1-14-9-12-10-17(16-15-12)8-7-11-3-5-13(18-2)6-4-11/h3-6,10,14H,7-9H2,1-2H3. The van der Waals surface area contributed by atoms with Crippen molar-refractivity contribution in [2.45, 2.75) is 19.5 Å². The molecule has 2 aromatic rings. The first-order valence-corrected chi connectivity index (χ1v) is 5.98. The maximum Gasteiger partial charge on any atom is 0.118 e. The fraction of sp³-hybridized carbons (Fsp3) is 0.385. The number of benzene rings is 1. The summed E-state index contributed by atoms with van der Waals surface area (Å²) >= 11 is 0. The molecule has 5 heteroatoms. The van der Waals surface area contributed by atoms with Crippen molar-refractivity contribution >= 4 is 0 Å². The lowest BCUT2D eigenvalue weighted by molar-refractivity contribution is 0.414. The molecule has 0 amide bonds. The number of hydrogen-bond acceptors (Lipinski definition) is 4. The van der Waals surface area contributed by atoms with Crippen LogP contribution in [0.25, 0.3) is 0 Å². The van der Waals surface area contributed by atoms with Crippen molar-refractivity contribution in [3.8, 4) is 5.75 Å². The minimum atomic E-state index is 0.753. The van der Waals surface area contributed by atoms with Crippen LogP contribution in [0.3, 0.4) is 0 Å². The molecule has 18 heavy (non-hydrogen) atoms. The van der Waals surface area contributed by atoms with Gasteiger partial charge in [0.15, 0.2) is 0 Å². The molecule has 5 nitrogen and oxygen atoms in total. The molecule has 0 bridgehead atoms. The van der Waals surface area contributed by atoms with Crippen LogP contribution in [-0.4, -0.2) is 29.2 Å². The zero-order chi connectivity index (χ0) is 12.8. The Morgan fingerprint density at radius 2 is 2.06 bits per heavy atom. The molecule has 1 heterocycles. The number of aryl methyl sites for hydroxylation is 2. The quantitative estimate of drug-likeness (QED) is 0.833. The second kappa shape index (κ2) is 6.16. The zero-order valence-electron chi connectivity index (χ0n) is 10.8. The van der Waals surface area contributed by atoms with Crippen LogP contribution in [0.4, 0.5) is 0 Å². The number of nitrogens with one attached hydrogen (secondary N) is 1. The second-order valence-corrected chi connectivity index (χ2v) is 4.10. The van der Waals surface area contributed by atoms with Crippen molar-refractivity contribution in [2.24, 2.45) is 0 Å². The summed E-state index contributed by atoms with van der Waals surface area (Å²) in [5.74, 6) is 0.885. The zero-order valence-corrected chi connectivity index (χ0v) is 10.8. The van der Waals surface area contributed by atoms with Gasteiger partial charge < -0.3 is 10.1 Å². The highest BCUT2D eigenvalue weighted by Gasteiger charge is 2.00. The average molecular weight is 246 g/mol. The largest absolute Gasteiger partial charge is 0.497 e. The number of rotatable bonds is 6. The monoisotopic (exact) mass is 246 g/mol. The maximum absolute atomic E-state index is 5.13. The van der Waals surface area contributed by atoms with Gasteiger partial charge in [-0.3, -0.25) is 4.68 Å². The predicted octanol–water partition coefficient (Wildman–Crippen LogP) is 1.25. The Kier molecular flexibility index (Phi) is 4.30. The van der Waals surface area contributed by atoms with Gasteiger partial charge in [-0.1, -0.05) is 17.3 Å². The molecule has 0 spiro atoms. The molecule has 0 aliphatic carbocycles. The minimum absolute atomic E-state index is 0.753. The van der Waals surface area contributed by atoms with E-state index in [1.165, 1.54) is 5.56 Å². The third-order valence-electron chi connectivity index (χ3n) is 2.73. The van der Waals surface area contributed by atoms with Crippen LogP contribution in [0, 0.1) is 0 Å². The number of aromatic nitrogens is 3. The summed E-state index contributed by atoms with van der Waals surface area (Å²) < 4.78 is 7.00. The Labute approximate surface area is 107 Å². The lowest BCUT2D eigenvalue weighted by Gasteiger charge is -2.03. The van der Waals surface area contributed by atoms with Crippen LogP contribution < -0.4 is 10.1 Å². The lowest BCUT2D eigenvalue weighted by Crippen LogP contribution is -2.05. The van der Waals surface area contributed by atoms with E-state index in [9.17, 15) is 0 Å². The van der Waals surface area contributed by atoms with Crippen molar-refractivity contribution in [2.75, 3.05) is 14.2 Å². The molecular formula is C13H18N4O. The highest BCUT2D eigenvalue weighted by Crippen LogP contribution is 2.12. The summed E-state index contributed by atoms with van der Waals surface area (Å²) in [5, 5.41) is 11.2. The summed E-state index contributed by atoms with van der Waals surface area (Å²) in [5.41, 5.74) is 2.23. The Balaban J connectivity index is 1.89. The molecule has 2 rings (SSSR count). The highest BCUT2D eigenvalue weighted by molar-refractivity contribution is 5.27. The van der Waals surface area contributed by atoms with Crippen LogP contribution in [0.15, 0.2) is 30.5 Å². The van der Waals surface area contributed by atoms with Crippen molar-refractivity contribution in [1.29, 1.82) is 0 Å². The molecule has 0 aliphatic heterocycles. The molecule has 1 N–H and O–H groups in total. The highest BCUT2D eigenvalue weighted by atomic mass is 16.5. The van der Waals surface area contributed by atoms with Gasteiger partial charge in [0, 0.05) is 19.3 Å². The van der Waals surface area contributed by atoms with Gasteiger partial charge in [0.05, 0.1) is 12.8 Å². The van der Waals surface area contributed by atoms with Crippen LogP contribution in [0.5, 0.6) is 5.75 Å². The van der Waals surface area contributed by atoms with E-state index in [1.807, 2.05) is 30.1 Å². The molecular weight excluding hydrogens is 228 g/mol. The summed E-state index contributed by atoms with van der Waals surface area (Å²) in [6.07, 6.45) is 2.91. The lowest BCUT2D eigenvalue weighted by atomic mass is 10.1. The fourth-order valence-corrected chi connectivity index (χ4v) is 1.75. The molecule has 0 unspecified atom stereocenters. The van der Waals surface area contributed by atoms with E-state index < -0.39 is 0 Å². The first-order chi connectivity index (χ1) is 8.81. The van der Waals surface area contributed by atoms with Gasteiger partial charge in [0.1, 0.15) is 5.75 Å². The van der Waals surface area contributed by atoms with Gasteiger partial charge in [-0.25, -0.2) is 0 Å². The predicted molar refractivity (Wildman–Crippen MR) is 69.5 cm³/mol. The topological polar surface area (TPSA) is 52.0 Å². The summed E-state index contributed by atoms with van der Waals surface area (Å²) in [6.45, 7) is 1.59. The third-order valence-corrected chi connectivity index (χ3v) is 2.73. The van der Waals surface area contributed by atoms with E-state index in [0.717, 1.165) is 31.0 Å². The molecule has 0 fully saturated rings. The van der Waals surface area contributed by atoms with Gasteiger partial charge >= 0.3 is 0 Å². The van der Waals surface area contributed by atoms with E-state index >= 15 is 0 Å². The number of hydrogen-bond donors (Lipinski definition) is 1. The third kappa shape index (κ3) is 3.30. The Hall–Kier alpha value is -1.88. The van der Waals surface area contributed by atoms with E-state index in [-0.39, 0.29) is 0 Å². The molecule has 96 valence electrons. The van der Waals surface area contributed by atoms with Crippen LogP contribution >= 0.6 is 0 Å². The minimum Gasteiger partial charge on any atom is -0.497 e. The Morgan fingerprint density at radius 3 is 2.72 bits per heavy atom. The normalized spacial score (nSPS) is 10.6. The number of ether oxygens (including phenoxy) is 1. The molecule has 0 saturated carbocycles. The van der Waals surface area contributed by atoms with Crippen molar-refractivity contribution in [3.05, 3.63) is 41.7 Å². The van der Waals surface area contributed by atoms with Gasteiger partial charge in [0.2, 0.25) is 0 Å². The van der Waals surface area contributed by atoms with Crippen molar-refractivity contribution in [1.82, 2.24) is 20.3 Å². The molecule has 0 radical (unpaired) electrons. The summed E-state index contributed by atoms with van der Waals surface area (Å²) in [4.78, 5) is 0. The fourth-order valence-electron chi connectivity index (χ4n) is 1.75.